The number of carbonyl (C=O) groups is 2. The van der Waals surface area contributed by atoms with E-state index in [0.29, 0.717) is 23.6 Å². The fourth-order valence-electron chi connectivity index (χ4n) is 3.64. The summed E-state index contributed by atoms with van der Waals surface area (Å²) >= 11 is 0. The zero-order valence-corrected chi connectivity index (χ0v) is 18.4. The highest BCUT2D eigenvalue weighted by Crippen LogP contribution is 2.36. The Balaban J connectivity index is 1.77. The zero-order valence-electron chi connectivity index (χ0n) is 18.4. The standard InChI is InChI=1S/C26H21F3N2O3/c1-3-34-21-13-11-20(12-14-21)31-24(32)22(17-9-7-16(2)8-10-17)23(25(31)33)30-19-6-4-5-18(15-19)26(27,28)29/h4-15,30H,3H2,1-2H3. The first kappa shape index (κ1) is 23.1. The number of rotatable bonds is 6. The summed E-state index contributed by atoms with van der Waals surface area (Å²) in [7, 11) is 0. The fourth-order valence-corrected chi connectivity index (χ4v) is 3.64. The number of aryl methyl sites for hydroxylation is 1. The highest BCUT2D eigenvalue weighted by Gasteiger charge is 2.40. The number of halogens is 3. The molecule has 8 heteroatoms. The van der Waals surface area contributed by atoms with Gasteiger partial charge >= 0.3 is 6.18 Å². The molecule has 174 valence electrons. The molecule has 0 aliphatic carbocycles. The lowest BCUT2D eigenvalue weighted by Crippen LogP contribution is -2.32. The van der Waals surface area contributed by atoms with Crippen LogP contribution in [0.4, 0.5) is 24.5 Å². The second-order valence-corrected chi connectivity index (χ2v) is 7.69. The van der Waals surface area contributed by atoms with Crippen molar-refractivity contribution in [3.63, 3.8) is 0 Å². The Hall–Kier alpha value is -4.07. The van der Waals surface area contributed by atoms with Gasteiger partial charge in [-0.05, 0) is 61.9 Å². The third-order valence-corrected chi connectivity index (χ3v) is 5.29. The number of nitrogens with zero attached hydrogens (tertiary/aromatic N) is 1. The molecule has 0 radical (unpaired) electrons. The van der Waals surface area contributed by atoms with Crippen LogP contribution < -0.4 is 15.0 Å². The minimum absolute atomic E-state index is 0.0455. The first-order chi connectivity index (χ1) is 16.2. The lowest BCUT2D eigenvalue weighted by Gasteiger charge is -2.16. The van der Waals surface area contributed by atoms with Crippen LogP contribution in [-0.4, -0.2) is 18.4 Å². The molecule has 0 atom stereocenters. The second kappa shape index (κ2) is 9.05. The van der Waals surface area contributed by atoms with E-state index in [1.54, 1.807) is 48.5 Å². The summed E-state index contributed by atoms with van der Waals surface area (Å²) in [5, 5.41) is 2.77. The van der Waals surface area contributed by atoms with Crippen molar-refractivity contribution in [2.45, 2.75) is 20.0 Å². The van der Waals surface area contributed by atoms with E-state index in [1.165, 1.54) is 12.1 Å². The van der Waals surface area contributed by atoms with Crippen LogP contribution in [0.25, 0.3) is 5.57 Å². The summed E-state index contributed by atoms with van der Waals surface area (Å²) < 4.78 is 45.0. The highest BCUT2D eigenvalue weighted by atomic mass is 19.4. The molecular formula is C26H21F3N2O3. The molecule has 3 aromatic rings. The number of hydrogen-bond acceptors (Lipinski definition) is 4. The number of anilines is 2. The number of amides is 2. The number of imide groups is 1. The molecule has 0 fully saturated rings. The van der Waals surface area contributed by atoms with Crippen molar-refractivity contribution in [3.8, 4) is 5.75 Å². The quantitative estimate of drug-likeness (QED) is 0.466. The van der Waals surface area contributed by atoms with E-state index in [-0.39, 0.29) is 17.0 Å². The Labute approximate surface area is 194 Å². The van der Waals surface area contributed by atoms with Crippen LogP contribution in [0.2, 0.25) is 0 Å². The molecule has 0 saturated heterocycles. The average molecular weight is 466 g/mol. The molecule has 0 aromatic heterocycles. The predicted molar refractivity (Wildman–Crippen MR) is 123 cm³/mol. The second-order valence-electron chi connectivity index (χ2n) is 7.69. The lowest BCUT2D eigenvalue weighted by atomic mass is 10.0. The van der Waals surface area contributed by atoms with E-state index in [0.717, 1.165) is 22.6 Å². The molecule has 5 nitrogen and oxygen atoms in total. The number of nitrogens with one attached hydrogen (secondary N) is 1. The Bertz CT molecular complexity index is 1260. The van der Waals surface area contributed by atoms with Crippen LogP contribution in [0.3, 0.4) is 0 Å². The van der Waals surface area contributed by atoms with Gasteiger partial charge in [-0.25, -0.2) is 4.90 Å². The van der Waals surface area contributed by atoms with E-state index >= 15 is 0 Å². The molecule has 1 heterocycles. The van der Waals surface area contributed by atoms with Crippen molar-refractivity contribution in [2.24, 2.45) is 0 Å². The Morgan fingerprint density at radius 3 is 2.21 bits per heavy atom. The first-order valence-electron chi connectivity index (χ1n) is 10.6. The van der Waals surface area contributed by atoms with Gasteiger partial charge in [0.2, 0.25) is 0 Å². The van der Waals surface area contributed by atoms with Gasteiger partial charge in [0, 0.05) is 5.69 Å². The summed E-state index contributed by atoms with van der Waals surface area (Å²) in [5.41, 5.74) is 0.922. The molecule has 3 aromatic carbocycles. The highest BCUT2D eigenvalue weighted by molar-refractivity contribution is 6.46. The van der Waals surface area contributed by atoms with E-state index < -0.39 is 23.6 Å². The minimum atomic E-state index is -4.55. The molecular weight excluding hydrogens is 445 g/mol. The molecule has 4 rings (SSSR count). The van der Waals surface area contributed by atoms with Gasteiger partial charge in [0.05, 0.1) is 23.4 Å². The first-order valence-corrected chi connectivity index (χ1v) is 10.6. The molecule has 0 spiro atoms. The van der Waals surface area contributed by atoms with E-state index in [1.807, 2.05) is 13.8 Å². The van der Waals surface area contributed by atoms with Gasteiger partial charge in [-0.15, -0.1) is 0 Å². The van der Waals surface area contributed by atoms with Crippen LogP contribution in [-0.2, 0) is 15.8 Å². The zero-order chi connectivity index (χ0) is 24.5. The summed E-state index contributed by atoms with van der Waals surface area (Å²) in [4.78, 5) is 27.8. The van der Waals surface area contributed by atoms with Crippen molar-refractivity contribution in [3.05, 3.63) is 95.2 Å². The Morgan fingerprint density at radius 1 is 0.912 bits per heavy atom. The number of benzene rings is 3. The number of alkyl halides is 3. The van der Waals surface area contributed by atoms with Crippen molar-refractivity contribution in [2.75, 3.05) is 16.8 Å². The molecule has 2 amide bonds. The van der Waals surface area contributed by atoms with Gasteiger partial charge in [-0.3, -0.25) is 9.59 Å². The average Bonchev–Trinajstić information content (AvgIpc) is 3.04. The van der Waals surface area contributed by atoms with E-state index in [9.17, 15) is 22.8 Å². The number of ether oxygens (including phenoxy) is 1. The van der Waals surface area contributed by atoms with Crippen LogP contribution >= 0.6 is 0 Å². The topological polar surface area (TPSA) is 58.6 Å². The van der Waals surface area contributed by atoms with Crippen LogP contribution in [0, 0.1) is 6.92 Å². The maximum absolute atomic E-state index is 13.4. The SMILES string of the molecule is CCOc1ccc(N2C(=O)C(Nc3cccc(C(F)(F)F)c3)=C(c3ccc(C)cc3)C2=O)cc1. The number of hydrogen-bond donors (Lipinski definition) is 1. The van der Waals surface area contributed by atoms with Crippen LogP contribution in [0.15, 0.2) is 78.5 Å². The summed E-state index contributed by atoms with van der Waals surface area (Å²) in [5.74, 6) is -0.658. The molecule has 34 heavy (non-hydrogen) atoms. The molecule has 0 saturated carbocycles. The summed E-state index contributed by atoms with van der Waals surface area (Å²) in [6.07, 6.45) is -4.55. The van der Waals surface area contributed by atoms with Crippen molar-refractivity contribution < 1.29 is 27.5 Å². The van der Waals surface area contributed by atoms with Gasteiger partial charge in [0.1, 0.15) is 11.4 Å². The van der Waals surface area contributed by atoms with Crippen molar-refractivity contribution in [1.29, 1.82) is 0 Å². The molecule has 1 aliphatic rings. The van der Waals surface area contributed by atoms with Gasteiger partial charge in [-0.2, -0.15) is 13.2 Å². The predicted octanol–water partition coefficient (Wildman–Crippen LogP) is 5.81. The van der Waals surface area contributed by atoms with Crippen molar-refractivity contribution in [1.82, 2.24) is 0 Å². The van der Waals surface area contributed by atoms with E-state index in [2.05, 4.69) is 5.32 Å². The molecule has 1 aliphatic heterocycles. The molecule has 0 bridgehead atoms. The number of carbonyl (C=O) groups excluding carboxylic acids is 2. The van der Waals surface area contributed by atoms with Crippen LogP contribution in [0.1, 0.15) is 23.6 Å². The molecule has 0 unspecified atom stereocenters. The minimum Gasteiger partial charge on any atom is -0.494 e. The van der Waals surface area contributed by atoms with Gasteiger partial charge < -0.3 is 10.1 Å². The van der Waals surface area contributed by atoms with Gasteiger partial charge in [0.15, 0.2) is 0 Å². The van der Waals surface area contributed by atoms with Gasteiger partial charge in [0.25, 0.3) is 11.8 Å². The normalized spacial score (nSPS) is 14.1. The Kier molecular flexibility index (Phi) is 6.15. The lowest BCUT2D eigenvalue weighted by molar-refractivity contribution is -0.137. The monoisotopic (exact) mass is 466 g/mol. The maximum atomic E-state index is 13.4. The smallest absolute Gasteiger partial charge is 0.416 e. The fraction of sp³-hybridized carbons (Fsp3) is 0.154. The largest absolute Gasteiger partial charge is 0.494 e. The third kappa shape index (κ3) is 4.52. The molecule has 1 N–H and O–H groups in total. The van der Waals surface area contributed by atoms with E-state index in [4.69, 9.17) is 4.74 Å². The van der Waals surface area contributed by atoms with Crippen molar-refractivity contribution >= 4 is 28.8 Å². The van der Waals surface area contributed by atoms with Gasteiger partial charge in [-0.1, -0.05) is 35.9 Å². The summed E-state index contributed by atoms with van der Waals surface area (Å²) in [6, 6.07) is 17.9. The maximum Gasteiger partial charge on any atom is 0.416 e. The Morgan fingerprint density at radius 2 is 1.59 bits per heavy atom. The summed E-state index contributed by atoms with van der Waals surface area (Å²) in [6.45, 7) is 4.18. The third-order valence-electron chi connectivity index (χ3n) is 5.29. The van der Waals surface area contributed by atoms with Crippen LogP contribution in [0.5, 0.6) is 5.75 Å².